The SMILES string of the molecule is CC/C=C\C/C=C\C/C=C\C/C=C\C/C=C\C/C=C\CCCCCCCCC(=O)OC(COC(=O)CCCCCCCCCCCCCCCCC/C=C\C/C=C\C/C=C\C/C=C\CCCCC)COP(=O)(O)OCC(O)COP(=O)(O)OCC(O)COC(=O)CCCCCCCCCCCCCCCCCCC/C=C\C/C=C\C/C=C\C/C=C\C/C=C\CC. The van der Waals surface area contributed by atoms with E-state index in [0.29, 0.717) is 19.3 Å². The zero-order valence-corrected chi connectivity index (χ0v) is 81.0. The molecule has 0 rings (SSSR count). The quantitative estimate of drug-likeness (QED) is 0.0146. The molecule has 0 saturated carbocycles. The van der Waals surface area contributed by atoms with Crippen molar-refractivity contribution in [1.29, 1.82) is 0 Å². The van der Waals surface area contributed by atoms with Gasteiger partial charge in [0.05, 0.1) is 26.4 Å². The maximum Gasteiger partial charge on any atom is 0.472 e. The second-order valence-corrected chi connectivity index (χ2v) is 36.1. The van der Waals surface area contributed by atoms with Crippen molar-refractivity contribution in [1.82, 2.24) is 0 Å². The number of allylic oxidation sites excluding steroid dienone is 30. The molecule has 0 fully saturated rings. The van der Waals surface area contributed by atoms with Crippen LogP contribution in [0.15, 0.2) is 182 Å². The smallest absolute Gasteiger partial charge is 0.463 e. The molecule has 0 aliphatic rings. The summed E-state index contributed by atoms with van der Waals surface area (Å²) in [5.74, 6) is -1.58. The van der Waals surface area contributed by atoms with Crippen LogP contribution in [0.2, 0.25) is 0 Å². The van der Waals surface area contributed by atoms with Gasteiger partial charge in [0.15, 0.2) is 6.10 Å². The summed E-state index contributed by atoms with van der Waals surface area (Å²) in [5, 5.41) is 20.8. The fraction of sp³-hybridized carbons (Fsp3) is 0.692. The minimum Gasteiger partial charge on any atom is -0.463 e. The number of phosphoric acid groups is 2. The largest absolute Gasteiger partial charge is 0.472 e. The Balaban J connectivity index is 4.61. The number of esters is 3. The molecule has 0 aromatic rings. The van der Waals surface area contributed by atoms with E-state index in [1.807, 2.05) is 0 Å². The van der Waals surface area contributed by atoms with Crippen molar-refractivity contribution in [2.45, 2.75) is 437 Å². The summed E-state index contributed by atoms with van der Waals surface area (Å²) in [4.78, 5) is 59.2. The van der Waals surface area contributed by atoms with Gasteiger partial charge in [0.2, 0.25) is 0 Å². The molecule has 0 bridgehead atoms. The third-order valence-corrected chi connectivity index (χ3v) is 23.0. The van der Waals surface area contributed by atoms with Crippen LogP contribution in [0.4, 0.5) is 0 Å². The zero-order valence-electron chi connectivity index (χ0n) is 79.2. The summed E-state index contributed by atoms with van der Waals surface area (Å²) in [6.07, 6.45) is 129. The van der Waals surface area contributed by atoms with Gasteiger partial charge in [-0.25, -0.2) is 9.13 Å². The van der Waals surface area contributed by atoms with Gasteiger partial charge in [0.1, 0.15) is 25.4 Å². The molecule has 0 spiro atoms. The molecule has 0 aromatic carbocycles. The normalized spacial score (nSPS) is 14.5. The van der Waals surface area contributed by atoms with Gasteiger partial charge in [-0.1, -0.05) is 421 Å². The molecule has 0 amide bonds. The first kappa shape index (κ1) is 120. The monoisotopic (exact) mass is 1790 g/mol. The van der Waals surface area contributed by atoms with Crippen molar-refractivity contribution in [3.63, 3.8) is 0 Å². The molecule has 0 aliphatic carbocycles. The van der Waals surface area contributed by atoms with Gasteiger partial charge in [-0.2, -0.15) is 0 Å². The van der Waals surface area contributed by atoms with E-state index in [1.165, 1.54) is 193 Å². The number of hydrogen-bond donors (Lipinski definition) is 4. The van der Waals surface area contributed by atoms with Gasteiger partial charge < -0.3 is 34.2 Å². The van der Waals surface area contributed by atoms with Gasteiger partial charge in [-0.15, -0.1) is 0 Å². The first-order valence-corrected chi connectivity index (χ1v) is 53.1. The molecule has 125 heavy (non-hydrogen) atoms. The second kappa shape index (κ2) is 97.7. The lowest BCUT2D eigenvalue weighted by atomic mass is 10.0. The van der Waals surface area contributed by atoms with Crippen molar-refractivity contribution in [3.8, 4) is 0 Å². The Hall–Kier alpha value is -5.35. The number of phosphoric ester groups is 2. The van der Waals surface area contributed by atoms with Crippen molar-refractivity contribution in [3.05, 3.63) is 182 Å². The summed E-state index contributed by atoms with van der Waals surface area (Å²) in [6.45, 7) is 2.47. The summed E-state index contributed by atoms with van der Waals surface area (Å²) in [5.41, 5.74) is 0. The number of carbonyl (C=O) groups excluding carboxylic acids is 3. The van der Waals surface area contributed by atoms with Crippen molar-refractivity contribution in [2.75, 3.05) is 39.6 Å². The number of ether oxygens (including phenoxy) is 3. The van der Waals surface area contributed by atoms with E-state index < -0.39 is 91.5 Å². The van der Waals surface area contributed by atoms with E-state index in [4.69, 9.17) is 32.3 Å². The Labute approximate surface area is 764 Å². The molecule has 0 radical (unpaired) electrons. The molecule has 0 saturated heterocycles. The van der Waals surface area contributed by atoms with Crippen LogP contribution in [0.3, 0.4) is 0 Å². The Morgan fingerprint density at radius 3 is 0.672 bits per heavy atom. The van der Waals surface area contributed by atoms with E-state index in [9.17, 15) is 43.5 Å². The van der Waals surface area contributed by atoms with Gasteiger partial charge in [-0.3, -0.25) is 32.5 Å². The van der Waals surface area contributed by atoms with Crippen LogP contribution in [0, 0.1) is 0 Å². The number of rotatable bonds is 94. The van der Waals surface area contributed by atoms with E-state index in [1.54, 1.807) is 0 Å². The highest BCUT2D eigenvalue weighted by molar-refractivity contribution is 7.47. The molecule has 5 atom stereocenters. The molecule has 16 nitrogen and oxygen atoms in total. The van der Waals surface area contributed by atoms with Crippen molar-refractivity contribution < 1.29 is 75.8 Å². The fourth-order valence-electron chi connectivity index (χ4n) is 13.6. The van der Waals surface area contributed by atoms with Crippen LogP contribution in [0.1, 0.15) is 419 Å². The summed E-state index contributed by atoms with van der Waals surface area (Å²) in [7, 11) is -9.82. The lowest BCUT2D eigenvalue weighted by Crippen LogP contribution is -2.30. The van der Waals surface area contributed by atoms with Crippen molar-refractivity contribution >= 4 is 33.6 Å². The van der Waals surface area contributed by atoms with E-state index >= 15 is 0 Å². The highest BCUT2D eigenvalue weighted by Crippen LogP contribution is 2.45. The molecular weight excluding hydrogens is 1600 g/mol. The maximum atomic E-state index is 13.1. The lowest BCUT2D eigenvalue weighted by Gasteiger charge is -2.21. The molecule has 0 aromatic heterocycles. The lowest BCUT2D eigenvalue weighted by molar-refractivity contribution is -0.161. The molecule has 5 unspecified atom stereocenters. The van der Waals surface area contributed by atoms with Crippen molar-refractivity contribution in [2.24, 2.45) is 0 Å². The Morgan fingerprint density at radius 2 is 0.424 bits per heavy atom. The Kier molecular flexibility index (Phi) is 93.5. The molecular formula is C107H182O16P2. The summed E-state index contributed by atoms with van der Waals surface area (Å²) in [6, 6.07) is 0. The van der Waals surface area contributed by atoms with E-state index in [2.05, 4.69) is 203 Å². The van der Waals surface area contributed by atoms with Gasteiger partial charge >= 0.3 is 33.6 Å². The number of hydrogen-bond acceptors (Lipinski definition) is 14. The van der Waals surface area contributed by atoms with Crippen LogP contribution >= 0.6 is 15.6 Å². The third kappa shape index (κ3) is 99.1. The molecule has 716 valence electrons. The topological polar surface area (TPSA) is 231 Å². The van der Waals surface area contributed by atoms with Crippen LogP contribution in [-0.2, 0) is 55.8 Å². The molecule has 0 heterocycles. The number of aliphatic hydroxyl groups excluding tert-OH is 2. The van der Waals surface area contributed by atoms with E-state index in [0.717, 1.165) is 167 Å². The second-order valence-electron chi connectivity index (χ2n) is 33.2. The van der Waals surface area contributed by atoms with Gasteiger partial charge in [0.25, 0.3) is 0 Å². The van der Waals surface area contributed by atoms with E-state index in [-0.39, 0.29) is 19.3 Å². The third-order valence-electron chi connectivity index (χ3n) is 21.1. The first-order chi connectivity index (χ1) is 61.2. The van der Waals surface area contributed by atoms with Crippen LogP contribution in [-0.4, -0.2) is 95.9 Å². The highest BCUT2D eigenvalue weighted by Gasteiger charge is 2.30. The Morgan fingerprint density at radius 1 is 0.232 bits per heavy atom. The van der Waals surface area contributed by atoms with Gasteiger partial charge in [-0.05, 0) is 161 Å². The standard InChI is InChI=1S/C107H182O16P2/c1-4-7-10-13-16-19-22-25-28-31-34-37-40-43-45-47-49-50-52-54-55-58-60-63-66-69-72-75-78-81-84-87-90-93-105(110)117-96-102(108)97-119-124(113,114)120-98-103(109)99-121-125(115,116)122-101-104(123-107(112)95-92-89-86-83-80-77-74-71-68-65-62-57-42-39-36-33-30-27-24-21-18-15-12-9-6-3)100-118-106(111)94-91-88-85-82-79-76-73-70-67-64-61-59-56-53-51-48-46-44-41-38-35-32-29-26-23-20-17-14-11-8-5-2/h7,9-10,12,16-21,25-30,34-39,43-46,57,62,68,71,102-104,108-109H,4-6,8,11,13-15,22-24,31-33,40-42,47-56,58-61,63-67,69-70,72-101H2,1-3H3,(H,113,114)(H,115,116)/b10-7-,12-9-,19-16-,20-17-,21-18-,28-25-,29-26-,30-27-,37-34-,38-35-,39-36-,45-43-,46-44-,62-57-,71-68-. The fourth-order valence-corrected chi connectivity index (χ4v) is 15.2. The zero-order chi connectivity index (χ0) is 90.7. The average molecular weight is 1790 g/mol. The van der Waals surface area contributed by atoms with Crippen LogP contribution in [0.25, 0.3) is 0 Å². The Bertz CT molecular complexity index is 3000. The average Bonchev–Trinajstić information content (AvgIpc) is 0.900. The van der Waals surface area contributed by atoms with Crippen LogP contribution in [0.5, 0.6) is 0 Å². The number of unbranched alkanes of at least 4 members (excludes halogenated alkanes) is 41. The maximum absolute atomic E-state index is 13.1. The number of carbonyl (C=O) groups is 3. The summed E-state index contributed by atoms with van der Waals surface area (Å²) >= 11 is 0. The molecule has 18 heteroatoms. The highest BCUT2D eigenvalue weighted by atomic mass is 31.2. The summed E-state index contributed by atoms with van der Waals surface area (Å²) < 4.78 is 61.6. The predicted molar refractivity (Wildman–Crippen MR) is 528 cm³/mol. The van der Waals surface area contributed by atoms with Gasteiger partial charge in [0, 0.05) is 19.3 Å². The minimum absolute atomic E-state index is 0.0830. The first-order valence-electron chi connectivity index (χ1n) is 50.1. The predicted octanol–water partition coefficient (Wildman–Crippen LogP) is 31.6. The minimum atomic E-state index is -4.95. The number of aliphatic hydroxyl groups is 2. The molecule has 4 N–H and O–H groups in total. The van der Waals surface area contributed by atoms with Crippen LogP contribution < -0.4 is 0 Å². The molecule has 0 aliphatic heterocycles.